The van der Waals surface area contributed by atoms with E-state index in [2.05, 4.69) is 0 Å². The summed E-state index contributed by atoms with van der Waals surface area (Å²) in [5, 5.41) is 71.5. The quantitative estimate of drug-likeness (QED) is 0.178. The molecule has 2 saturated heterocycles. The average molecular weight is 555 g/mol. The van der Waals surface area contributed by atoms with Crippen LogP contribution in [0.5, 0.6) is 23.0 Å². The highest BCUT2D eigenvalue weighted by Crippen LogP contribution is 2.35. The minimum Gasteiger partial charge on any atom is -0.508 e. The van der Waals surface area contributed by atoms with Crippen molar-refractivity contribution >= 4 is 5.97 Å². The van der Waals surface area contributed by atoms with Crippen LogP contribution in [-0.2, 0) is 18.9 Å². The molecule has 7 N–H and O–H groups in total. The van der Waals surface area contributed by atoms with Gasteiger partial charge in [-0.05, 0) is 36.4 Å². The predicted molar refractivity (Wildman–Crippen MR) is 127 cm³/mol. The molecule has 0 saturated carbocycles. The first kappa shape index (κ1) is 28.8. The number of carbonyl (C=O) groups excluding carboxylic acids is 1. The Kier molecular flexibility index (Phi) is 8.78. The Hall–Kier alpha value is -3.21. The summed E-state index contributed by atoms with van der Waals surface area (Å²) in [7, 11) is 1.33. The number of aliphatic hydroxyl groups is 5. The molecule has 0 radical (unpaired) electrons. The lowest BCUT2D eigenvalue weighted by molar-refractivity contribution is -0.318. The Bertz CT molecular complexity index is 1130. The van der Waals surface area contributed by atoms with Gasteiger partial charge in [0.2, 0.25) is 6.29 Å². The first-order valence-electron chi connectivity index (χ1n) is 11.9. The van der Waals surface area contributed by atoms with Gasteiger partial charge in [-0.15, -0.1) is 0 Å². The van der Waals surface area contributed by atoms with Crippen molar-refractivity contribution in [2.24, 2.45) is 0 Å². The van der Waals surface area contributed by atoms with E-state index in [9.17, 15) is 40.5 Å². The minimum atomic E-state index is -2.09. The molecular weight excluding hydrogens is 524 g/mol. The fraction of sp³-hybridized carbons (Fsp3) is 0.480. The third-order valence-electron chi connectivity index (χ3n) is 6.38. The first-order chi connectivity index (χ1) is 18.6. The number of phenolic OH excluding ortho intramolecular Hbond substituents is 2. The summed E-state index contributed by atoms with van der Waals surface area (Å²) in [6.07, 6.45) is -10.9. The van der Waals surface area contributed by atoms with Crippen LogP contribution in [0.25, 0.3) is 0 Å². The highest BCUT2D eigenvalue weighted by atomic mass is 16.8. The molecule has 14 heteroatoms. The molecule has 4 rings (SSSR count). The number of aliphatic hydroxyl groups excluding tert-OH is 4. The number of rotatable bonds is 9. The normalized spacial score (nSPS) is 32.5. The van der Waals surface area contributed by atoms with Crippen LogP contribution in [0.15, 0.2) is 42.5 Å². The SMILES string of the molecule is COc1cc(OC2OC(CO)C(O)C(O)C2OC2OCC(O)(COC(=O)c3ccc(O)cc3)C2O)ccc1O. The maximum Gasteiger partial charge on any atom is 0.338 e. The van der Waals surface area contributed by atoms with Gasteiger partial charge in [0.1, 0.15) is 42.5 Å². The molecule has 2 heterocycles. The number of hydrogen-bond acceptors (Lipinski definition) is 14. The standard InChI is InChI=1S/C25H30O14/c1-34-16-8-14(6-7-15(16)28)37-23-20(19(30)18(29)17(9-26)38-23)39-24-21(31)25(33,11-36-24)10-35-22(32)12-2-4-13(27)5-3-12/h2-8,17-21,23-24,26-31,33H,9-11H2,1H3. The summed E-state index contributed by atoms with van der Waals surface area (Å²) < 4.78 is 32.5. The summed E-state index contributed by atoms with van der Waals surface area (Å²) in [4.78, 5) is 12.3. The van der Waals surface area contributed by atoms with Crippen molar-refractivity contribution in [3.63, 3.8) is 0 Å². The van der Waals surface area contributed by atoms with E-state index in [1.54, 1.807) is 0 Å². The van der Waals surface area contributed by atoms with Crippen LogP contribution in [0, 0.1) is 0 Å². The maximum absolute atomic E-state index is 12.3. The maximum atomic E-state index is 12.3. The lowest BCUT2D eigenvalue weighted by Crippen LogP contribution is -2.62. The molecule has 2 aromatic rings. The number of esters is 1. The van der Waals surface area contributed by atoms with Crippen molar-refractivity contribution in [1.29, 1.82) is 0 Å². The largest absolute Gasteiger partial charge is 0.508 e. The van der Waals surface area contributed by atoms with Gasteiger partial charge in [0.15, 0.2) is 29.5 Å². The van der Waals surface area contributed by atoms with Crippen LogP contribution in [0.1, 0.15) is 10.4 Å². The van der Waals surface area contributed by atoms with Gasteiger partial charge in [-0.3, -0.25) is 0 Å². The van der Waals surface area contributed by atoms with Gasteiger partial charge in [0.25, 0.3) is 0 Å². The zero-order chi connectivity index (χ0) is 28.3. The fourth-order valence-electron chi connectivity index (χ4n) is 4.08. The Morgan fingerprint density at radius 2 is 1.77 bits per heavy atom. The van der Waals surface area contributed by atoms with E-state index in [0.717, 1.165) is 0 Å². The van der Waals surface area contributed by atoms with Gasteiger partial charge >= 0.3 is 5.97 Å². The summed E-state index contributed by atoms with van der Waals surface area (Å²) in [6.45, 7) is -1.87. The third kappa shape index (κ3) is 6.18. The summed E-state index contributed by atoms with van der Waals surface area (Å²) in [5.41, 5.74) is -2.00. The number of methoxy groups -OCH3 is 1. The molecule has 39 heavy (non-hydrogen) atoms. The second-order valence-electron chi connectivity index (χ2n) is 9.11. The van der Waals surface area contributed by atoms with Crippen molar-refractivity contribution in [3.8, 4) is 23.0 Å². The molecule has 214 valence electrons. The summed E-state index contributed by atoms with van der Waals surface area (Å²) >= 11 is 0. The highest BCUT2D eigenvalue weighted by molar-refractivity contribution is 5.89. The van der Waals surface area contributed by atoms with E-state index in [0.29, 0.717) is 0 Å². The number of ether oxygens (including phenoxy) is 6. The number of phenols is 2. The molecule has 0 aromatic heterocycles. The molecular formula is C25H30O14. The number of benzene rings is 2. The monoisotopic (exact) mass is 554 g/mol. The Balaban J connectivity index is 1.45. The minimum absolute atomic E-state index is 0.0547. The van der Waals surface area contributed by atoms with Crippen molar-refractivity contribution in [1.82, 2.24) is 0 Å². The molecule has 2 fully saturated rings. The second kappa shape index (κ2) is 11.9. The molecule has 14 nitrogen and oxygen atoms in total. The van der Waals surface area contributed by atoms with Crippen molar-refractivity contribution in [2.45, 2.75) is 48.7 Å². The van der Waals surface area contributed by atoms with Gasteiger partial charge in [0.05, 0.1) is 25.9 Å². The smallest absolute Gasteiger partial charge is 0.338 e. The van der Waals surface area contributed by atoms with Crippen molar-refractivity contribution < 1.29 is 69.0 Å². The zero-order valence-electron chi connectivity index (χ0n) is 20.7. The van der Waals surface area contributed by atoms with Crippen LogP contribution in [-0.4, -0.2) is 117 Å². The molecule has 2 aromatic carbocycles. The molecule has 8 atom stereocenters. The van der Waals surface area contributed by atoms with E-state index in [1.165, 1.54) is 49.6 Å². The van der Waals surface area contributed by atoms with Gasteiger partial charge in [-0.2, -0.15) is 0 Å². The molecule has 2 aliphatic heterocycles. The van der Waals surface area contributed by atoms with E-state index in [1.807, 2.05) is 0 Å². The number of hydrogen-bond donors (Lipinski definition) is 7. The predicted octanol–water partition coefficient (Wildman–Crippen LogP) is -1.39. The Morgan fingerprint density at radius 1 is 1.05 bits per heavy atom. The van der Waals surface area contributed by atoms with Crippen LogP contribution in [0.2, 0.25) is 0 Å². The third-order valence-corrected chi connectivity index (χ3v) is 6.38. The topological polar surface area (TPSA) is 214 Å². The van der Waals surface area contributed by atoms with E-state index >= 15 is 0 Å². The Labute approximate surface area is 222 Å². The van der Waals surface area contributed by atoms with Gasteiger partial charge in [-0.25, -0.2) is 4.79 Å². The first-order valence-corrected chi connectivity index (χ1v) is 11.9. The molecule has 0 aliphatic carbocycles. The average Bonchev–Trinajstić information content (AvgIpc) is 3.21. The van der Waals surface area contributed by atoms with Crippen LogP contribution < -0.4 is 9.47 Å². The van der Waals surface area contributed by atoms with E-state index in [4.69, 9.17) is 28.4 Å². The molecule has 0 spiro atoms. The fourth-order valence-corrected chi connectivity index (χ4v) is 4.08. The van der Waals surface area contributed by atoms with Crippen LogP contribution in [0.3, 0.4) is 0 Å². The zero-order valence-corrected chi connectivity index (χ0v) is 20.7. The van der Waals surface area contributed by atoms with Crippen molar-refractivity contribution in [2.75, 3.05) is 26.9 Å². The van der Waals surface area contributed by atoms with Gasteiger partial charge in [0, 0.05) is 6.07 Å². The molecule has 2 aliphatic rings. The molecule has 8 unspecified atom stereocenters. The lowest BCUT2D eigenvalue weighted by Gasteiger charge is -2.42. The van der Waals surface area contributed by atoms with Crippen LogP contribution >= 0.6 is 0 Å². The summed E-state index contributed by atoms with van der Waals surface area (Å²) in [5.74, 6) is -0.873. The summed E-state index contributed by atoms with van der Waals surface area (Å²) in [6, 6.07) is 9.16. The number of carbonyl (C=O) groups is 1. The Morgan fingerprint density at radius 3 is 2.44 bits per heavy atom. The lowest BCUT2D eigenvalue weighted by atomic mass is 9.98. The second-order valence-corrected chi connectivity index (χ2v) is 9.11. The van der Waals surface area contributed by atoms with Crippen LogP contribution in [0.4, 0.5) is 0 Å². The van der Waals surface area contributed by atoms with E-state index < -0.39 is 74.5 Å². The highest BCUT2D eigenvalue weighted by Gasteiger charge is 2.54. The molecule has 0 amide bonds. The number of aromatic hydroxyl groups is 2. The van der Waals surface area contributed by atoms with Gasteiger partial charge < -0.3 is 64.2 Å². The van der Waals surface area contributed by atoms with Crippen molar-refractivity contribution in [3.05, 3.63) is 48.0 Å². The molecule has 0 bridgehead atoms. The van der Waals surface area contributed by atoms with Gasteiger partial charge in [-0.1, -0.05) is 0 Å². The van der Waals surface area contributed by atoms with E-state index in [-0.39, 0.29) is 28.6 Å².